The number of aromatic nitrogens is 4. The molecular formula is C14H19N5O4S2. The zero-order valence-corrected chi connectivity index (χ0v) is 15.4. The Kier molecular flexibility index (Phi) is 5.04. The van der Waals surface area contributed by atoms with Crippen molar-refractivity contribution in [3.05, 3.63) is 28.0 Å². The molecule has 0 saturated carbocycles. The number of sulfone groups is 1. The third kappa shape index (κ3) is 3.82. The molecule has 9 nitrogen and oxygen atoms in total. The Labute approximate surface area is 148 Å². The average molecular weight is 385 g/mol. The van der Waals surface area contributed by atoms with Gasteiger partial charge in [0.25, 0.3) is 0 Å². The van der Waals surface area contributed by atoms with Crippen molar-refractivity contribution in [2.75, 3.05) is 18.1 Å². The molecule has 1 unspecified atom stereocenters. The normalized spacial score (nSPS) is 19.2. The van der Waals surface area contributed by atoms with E-state index in [1.54, 1.807) is 17.0 Å². The Hall–Kier alpha value is -2.01. The van der Waals surface area contributed by atoms with Crippen molar-refractivity contribution in [1.82, 2.24) is 24.7 Å². The minimum Gasteiger partial charge on any atom is -0.337 e. The zero-order valence-electron chi connectivity index (χ0n) is 13.7. The lowest BCUT2D eigenvalue weighted by Gasteiger charge is -2.27. The van der Waals surface area contributed by atoms with Gasteiger partial charge in [-0.1, -0.05) is 6.92 Å². The SMILES string of the molecule is CCCN(C(=O)Cn1nnn(-c2cccs2)c1=O)C1CCS(=O)(=O)C1. The van der Waals surface area contributed by atoms with Crippen LogP contribution < -0.4 is 5.69 Å². The van der Waals surface area contributed by atoms with E-state index in [1.165, 1.54) is 11.3 Å². The molecule has 0 aromatic carbocycles. The van der Waals surface area contributed by atoms with Gasteiger partial charge in [-0.05, 0) is 40.8 Å². The lowest BCUT2D eigenvalue weighted by atomic mass is 10.2. The van der Waals surface area contributed by atoms with Gasteiger partial charge in [-0.3, -0.25) is 4.79 Å². The lowest BCUT2D eigenvalue weighted by Crippen LogP contribution is -2.44. The molecule has 1 aliphatic heterocycles. The maximum absolute atomic E-state index is 12.6. The standard InChI is InChI=1S/C14H19N5O4S2/c1-2-6-17(11-5-8-25(22,23)10-11)12(20)9-18-14(21)19(16-15-18)13-4-3-7-24-13/h3-4,7,11H,2,5-6,8-10H2,1H3. The summed E-state index contributed by atoms with van der Waals surface area (Å²) in [4.78, 5) is 26.6. The second-order valence-corrected chi connectivity index (χ2v) is 9.08. The van der Waals surface area contributed by atoms with Gasteiger partial charge < -0.3 is 4.90 Å². The van der Waals surface area contributed by atoms with Crippen LogP contribution in [0, 0.1) is 0 Å². The van der Waals surface area contributed by atoms with Crippen molar-refractivity contribution >= 4 is 27.1 Å². The van der Waals surface area contributed by atoms with Gasteiger partial charge in [-0.2, -0.15) is 9.36 Å². The van der Waals surface area contributed by atoms with E-state index in [2.05, 4.69) is 10.4 Å². The molecule has 3 heterocycles. The summed E-state index contributed by atoms with van der Waals surface area (Å²) in [6.07, 6.45) is 1.14. The number of thiophene rings is 1. The van der Waals surface area contributed by atoms with Crippen molar-refractivity contribution in [3.63, 3.8) is 0 Å². The molecule has 1 fully saturated rings. The molecule has 0 aliphatic carbocycles. The summed E-state index contributed by atoms with van der Waals surface area (Å²) < 4.78 is 25.6. The first kappa shape index (κ1) is 17.8. The van der Waals surface area contributed by atoms with Crippen LogP contribution in [-0.4, -0.2) is 63.1 Å². The maximum atomic E-state index is 12.6. The number of carbonyl (C=O) groups excluding carboxylic acids is 1. The molecule has 3 rings (SSSR count). The highest BCUT2D eigenvalue weighted by molar-refractivity contribution is 7.91. The maximum Gasteiger partial charge on any atom is 0.369 e. The van der Waals surface area contributed by atoms with Gasteiger partial charge in [0.05, 0.1) is 11.5 Å². The van der Waals surface area contributed by atoms with E-state index >= 15 is 0 Å². The molecule has 1 atom stereocenters. The minimum atomic E-state index is -3.09. The summed E-state index contributed by atoms with van der Waals surface area (Å²) in [5.41, 5.74) is -0.494. The Morgan fingerprint density at radius 2 is 2.24 bits per heavy atom. The van der Waals surface area contributed by atoms with Crippen molar-refractivity contribution < 1.29 is 13.2 Å². The van der Waals surface area contributed by atoms with Gasteiger partial charge >= 0.3 is 5.69 Å². The fraction of sp³-hybridized carbons (Fsp3) is 0.571. The summed E-state index contributed by atoms with van der Waals surface area (Å²) in [6.45, 7) is 2.12. The summed E-state index contributed by atoms with van der Waals surface area (Å²) in [5, 5.41) is 10.0. The molecule has 2 aromatic rings. The Morgan fingerprint density at radius 1 is 1.44 bits per heavy atom. The first-order chi connectivity index (χ1) is 11.9. The van der Waals surface area contributed by atoms with E-state index in [1.807, 2.05) is 12.3 Å². The van der Waals surface area contributed by atoms with Crippen molar-refractivity contribution in [2.45, 2.75) is 32.4 Å². The molecule has 0 N–H and O–H groups in total. The van der Waals surface area contributed by atoms with Gasteiger partial charge in [-0.25, -0.2) is 13.2 Å². The quantitative estimate of drug-likeness (QED) is 0.688. The Bertz CT molecular complexity index is 900. The molecule has 0 spiro atoms. The average Bonchev–Trinajstić information content (AvgIpc) is 3.27. The van der Waals surface area contributed by atoms with Gasteiger partial charge in [0, 0.05) is 12.6 Å². The first-order valence-electron chi connectivity index (χ1n) is 7.98. The molecule has 1 amide bonds. The minimum absolute atomic E-state index is 0.0183. The fourth-order valence-corrected chi connectivity index (χ4v) is 5.29. The van der Waals surface area contributed by atoms with Crippen LogP contribution in [-0.2, 0) is 21.2 Å². The molecule has 2 aromatic heterocycles. The van der Waals surface area contributed by atoms with Crippen LogP contribution in [0.25, 0.3) is 5.00 Å². The Balaban J connectivity index is 1.77. The lowest BCUT2D eigenvalue weighted by molar-refractivity contribution is -0.134. The predicted octanol–water partition coefficient (Wildman–Crippen LogP) is -0.0838. The third-order valence-corrected chi connectivity index (χ3v) is 6.67. The topological polar surface area (TPSA) is 107 Å². The number of amides is 1. The summed E-state index contributed by atoms with van der Waals surface area (Å²) in [6, 6.07) is 3.19. The van der Waals surface area contributed by atoms with Crippen LogP contribution in [0.2, 0.25) is 0 Å². The zero-order chi connectivity index (χ0) is 18.0. The Morgan fingerprint density at radius 3 is 2.84 bits per heavy atom. The predicted molar refractivity (Wildman–Crippen MR) is 92.6 cm³/mol. The second kappa shape index (κ2) is 7.08. The highest BCUT2D eigenvalue weighted by atomic mass is 32.2. The van der Waals surface area contributed by atoms with Crippen LogP contribution in [0.3, 0.4) is 0 Å². The summed E-state index contributed by atoms with van der Waals surface area (Å²) in [5.74, 6) is -0.237. The van der Waals surface area contributed by atoms with Gasteiger partial charge in [0.1, 0.15) is 11.5 Å². The molecule has 0 radical (unpaired) electrons. The van der Waals surface area contributed by atoms with Crippen LogP contribution in [0.4, 0.5) is 0 Å². The van der Waals surface area contributed by atoms with Gasteiger partial charge in [0.2, 0.25) is 5.91 Å². The number of carbonyl (C=O) groups is 1. The third-order valence-electron chi connectivity index (χ3n) is 4.07. The van der Waals surface area contributed by atoms with Gasteiger partial charge in [-0.15, -0.1) is 11.3 Å². The highest BCUT2D eigenvalue weighted by Crippen LogP contribution is 2.18. The second-order valence-electron chi connectivity index (χ2n) is 5.93. The molecule has 0 bridgehead atoms. The number of hydrogen-bond acceptors (Lipinski definition) is 7. The van der Waals surface area contributed by atoms with Crippen molar-refractivity contribution in [2.24, 2.45) is 0 Å². The number of tetrazole rings is 1. The molecule has 1 aliphatic rings. The monoisotopic (exact) mass is 385 g/mol. The van der Waals surface area contributed by atoms with E-state index in [9.17, 15) is 18.0 Å². The molecule has 1 saturated heterocycles. The van der Waals surface area contributed by atoms with E-state index in [0.29, 0.717) is 24.4 Å². The summed E-state index contributed by atoms with van der Waals surface area (Å²) in [7, 11) is -3.09. The van der Waals surface area contributed by atoms with E-state index in [0.717, 1.165) is 9.36 Å². The smallest absolute Gasteiger partial charge is 0.337 e. The summed E-state index contributed by atoms with van der Waals surface area (Å²) >= 11 is 1.34. The number of hydrogen-bond donors (Lipinski definition) is 0. The largest absolute Gasteiger partial charge is 0.369 e. The van der Waals surface area contributed by atoms with Crippen LogP contribution in [0.15, 0.2) is 22.3 Å². The number of rotatable bonds is 6. The van der Waals surface area contributed by atoms with Gasteiger partial charge in [0.15, 0.2) is 9.84 Å². The van der Waals surface area contributed by atoms with Crippen molar-refractivity contribution in [3.8, 4) is 5.00 Å². The fourth-order valence-electron chi connectivity index (χ4n) is 2.89. The van der Waals surface area contributed by atoms with E-state index in [4.69, 9.17) is 0 Å². The van der Waals surface area contributed by atoms with Crippen LogP contribution in [0.1, 0.15) is 19.8 Å². The first-order valence-corrected chi connectivity index (χ1v) is 10.7. The van der Waals surface area contributed by atoms with E-state index in [-0.39, 0.29) is 30.0 Å². The number of nitrogens with zero attached hydrogens (tertiary/aromatic N) is 5. The molecular weight excluding hydrogens is 366 g/mol. The van der Waals surface area contributed by atoms with Crippen LogP contribution in [0.5, 0.6) is 0 Å². The molecule has 11 heteroatoms. The molecule has 136 valence electrons. The van der Waals surface area contributed by atoms with Crippen LogP contribution >= 0.6 is 11.3 Å². The highest BCUT2D eigenvalue weighted by Gasteiger charge is 2.34. The molecule has 25 heavy (non-hydrogen) atoms. The van der Waals surface area contributed by atoms with E-state index < -0.39 is 15.5 Å². The van der Waals surface area contributed by atoms with Crippen molar-refractivity contribution in [1.29, 1.82) is 0 Å².